The van der Waals surface area contributed by atoms with Crippen LogP contribution in [0.2, 0.25) is 0 Å². The van der Waals surface area contributed by atoms with Crippen LogP contribution in [0, 0.1) is 5.92 Å². The second kappa shape index (κ2) is 8.62. The second-order valence-electron chi connectivity index (χ2n) is 6.94. The van der Waals surface area contributed by atoms with Gasteiger partial charge in [0, 0.05) is 32.7 Å². The molecule has 0 aliphatic carbocycles. The highest BCUT2D eigenvalue weighted by molar-refractivity contribution is 7.07. The van der Waals surface area contributed by atoms with Gasteiger partial charge in [-0.25, -0.2) is 0 Å². The van der Waals surface area contributed by atoms with Crippen molar-refractivity contribution in [3.05, 3.63) is 22.4 Å². The van der Waals surface area contributed by atoms with E-state index in [1.165, 1.54) is 5.56 Å². The molecule has 5 nitrogen and oxygen atoms in total. The molecule has 0 spiro atoms. The molecule has 24 heavy (non-hydrogen) atoms. The Morgan fingerprint density at radius 1 is 1.17 bits per heavy atom. The molecule has 2 saturated heterocycles. The van der Waals surface area contributed by atoms with E-state index in [9.17, 15) is 9.59 Å². The van der Waals surface area contributed by atoms with Crippen molar-refractivity contribution < 1.29 is 9.59 Å². The maximum atomic E-state index is 12.2. The van der Waals surface area contributed by atoms with Gasteiger partial charge in [-0.1, -0.05) is 12.8 Å². The van der Waals surface area contributed by atoms with E-state index < -0.39 is 5.91 Å². The molecule has 0 bridgehead atoms. The molecule has 1 aromatic heterocycles. The summed E-state index contributed by atoms with van der Waals surface area (Å²) in [5, 5.41) is 7.16. The van der Waals surface area contributed by atoms with Crippen molar-refractivity contribution in [2.24, 2.45) is 5.92 Å². The van der Waals surface area contributed by atoms with Gasteiger partial charge >= 0.3 is 11.8 Å². The van der Waals surface area contributed by atoms with Crippen molar-refractivity contribution in [3.63, 3.8) is 0 Å². The number of carbonyl (C=O) groups excluding carboxylic acids is 2. The summed E-state index contributed by atoms with van der Waals surface area (Å²) in [6, 6.07) is 2.17. The fourth-order valence-electron chi connectivity index (χ4n) is 3.59. The number of thiophene rings is 1. The lowest BCUT2D eigenvalue weighted by Crippen LogP contribution is -2.44. The second-order valence-corrected chi connectivity index (χ2v) is 7.72. The van der Waals surface area contributed by atoms with Crippen LogP contribution in [0.1, 0.15) is 37.7 Å². The van der Waals surface area contributed by atoms with Crippen molar-refractivity contribution in [3.8, 4) is 0 Å². The molecule has 6 heteroatoms. The summed E-state index contributed by atoms with van der Waals surface area (Å²) in [5.41, 5.74) is 1.36. The van der Waals surface area contributed by atoms with Crippen molar-refractivity contribution in [2.75, 3.05) is 32.7 Å². The SMILES string of the molecule is O=C(NCC1CCN(Cc2ccsc2)C1)C(=O)N1CCCCCC1. The standard InChI is InChI=1S/C18H27N3O2S/c22-17(18(23)21-7-3-1-2-4-8-21)19-11-15-5-9-20(12-15)13-16-6-10-24-14-16/h6,10,14-15H,1-5,7-9,11-13H2,(H,19,22). The minimum atomic E-state index is -0.423. The molecule has 1 unspecified atom stereocenters. The fourth-order valence-corrected chi connectivity index (χ4v) is 4.25. The smallest absolute Gasteiger partial charge is 0.311 e. The van der Waals surface area contributed by atoms with Crippen molar-refractivity contribution in [1.82, 2.24) is 15.1 Å². The minimum absolute atomic E-state index is 0.343. The maximum Gasteiger partial charge on any atom is 0.311 e. The van der Waals surface area contributed by atoms with Gasteiger partial charge in [-0.3, -0.25) is 14.5 Å². The topological polar surface area (TPSA) is 52.7 Å². The van der Waals surface area contributed by atoms with Gasteiger partial charge in [0.1, 0.15) is 0 Å². The highest BCUT2D eigenvalue weighted by Gasteiger charge is 2.26. The first kappa shape index (κ1) is 17.4. The highest BCUT2D eigenvalue weighted by Crippen LogP contribution is 2.19. The Morgan fingerprint density at radius 2 is 1.96 bits per heavy atom. The van der Waals surface area contributed by atoms with Crippen LogP contribution in [0.5, 0.6) is 0 Å². The third-order valence-corrected chi connectivity index (χ3v) is 5.73. The van der Waals surface area contributed by atoms with Crippen LogP contribution in [0.3, 0.4) is 0 Å². The molecule has 132 valence electrons. The molecule has 0 saturated carbocycles. The Bertz CT molecular complexity index is 538. The summed E-state index contributed by atoms with van der Waals surface area (Å²) in [6.45, 7) is 5.11. The Morgan fingerprint density at radius 3 is 2.67 bits per heavy atom. The zero-order valence-electron chi connectivity index (χ0n) is 14.2. The lowest BCUT2D eigenvalue weighted by Gasteiger charge is -2.20. The third kappa shape index (κ3) is 4.80. The van der Waals surface area contributed by atoms with Crippen LogP contribution in [-0.2, 0) is 16.1 Å². The third-order valence-electron chi connectivity index (χ3n) is 5.00. The average molecular weight is 350 g/mol. The molecule has 2 fully saturated rings. The number of hydrogen-bond acceptors (Lipinski definition) is 4. The van der Waals surface area contributed by atoms with Gasteiger partial charge < -0.3 is 10.2 Å². The number of rotatable bonds is 4. The van der Waals surface area contributed by atoms with Crippen molar-refractivity contribution in [1.29, 1.82) is 0 Å². The average Bonchev–Trinajstić information content (AvgIpc) is 3.18. The number of carbonyl (C=O) groups is 2. The molecule has 3 heterocycles. The molecule has 2 aliphatic rings. The normalized spacial score (nSPS) is 22.3. The van der Waals surface area contributed by atoms with E-state index in [0.717, 1.165) is 64.8 Å². The zero-order valence-corrected chi connectivity index (χ0v) is 15.0. The van der Waals surface area contributed by atoms with E-state index in [4.69, 9.17) is 0 Å². The highest BCUT2D eigenvalue weighted by atomic mass is 32.1. The van der Waals surface area contributed by atoms with E-state index >= 15 is 0 Å². The van der Waals surface area contributed by atoms with Gasteiger partial charge in [0.25, 0.3) is 0 Å². The number of hydrogen-bond donors (Lipinski definition) is 1. The molecular weight excluding hydrogens is 322 g/mol. The lowest BCUT2D eigenvalue weighted by molar-refractivity contribution is -0.145. The van der Waals surface area contributed by atoms with Crippen molar-refractivity contribution >= 4 is 23.2 Å². The van der Waals surface area contributed by atoms with Gasteiger partial charge in [0.2, 0.25) is 0 Å². The number of amides is 2. The Kier molecular flexibility index (Phi) is 6.26. The zero-order chi connectivity index (χ0) is 16.8. The van der Waals surface area contributed by atoms with E-state index in [-0.39, 0.29) is 5.91 Å². The van der Waals surface area contributed by atoms with Gasteiger partial charge in [0.15, 0.2) is 0 Å². The molecule has 0 aromatic carbocycles. The van der Waals surface area contributed by atoms with Crippen LogP contribution >= 0.6 is 11.3 Å². The Hall–Kier alpha value is -1.40. The predicted octanol–water partition coefficient (Wildman–Crippen LogP) is 2.09. The summed E-state index contributed by atoms with van der Waals surface area (Å²) >= 11 is 1.73. The number of nitrogens with one attached hydrogen (secondary N) is 1. The summed E-state index contributed by atoms with van der Waals surface area (Å²) in [7, 11) is 0. The molecule has 0 radical (unpaired) electrons. The van der Waals surface area contributed by atoms with Crippen molar-refractivity contribution in [2.45, 2.75) is 38.6 Å². The van der Waals surface area contributed by atoms with Crippen LogP contribution in [-0.4, -0.2) is 54.3 Å². The summed E-state index contributed by atoms with van der Waals surface area (Å²) in [6.07, 6.45) is 5.43. The maximum absolute atomic E-state index is 12.2. The fraction of sp³-hybridized carbons (Fsp3) is 0.667. The molecule has 1 N–H and O–H groups in total. The summed E-state index contributed by atoms with van der Waals surface area (Å²) < 4.78 is 0. The van der Waals surface area contributed by atoms with Crippen LogP contribution < -0.4 is 5.32 Å². The predicted molar refractivity (Wildman–Crippen MR) is 95.8 cm³/mol. The molecule has 2 amide bonds. The van der Waals surface area contributed by atoms with Gasteiger partial charge in [-0.05, 0) is 54.1 Å². The quantitative estimate of drug-likeness (QED) is 0.847. The van der Waals surface area contributed by atoms with Gasteiger partial charge in [0.05, 0.1) is 0 Å². The first-order valence-corrected chi connectivity index (χ1v) is 9.97. The number of nitrogens with zero attached hydrogens (tertiary/aromatic N) is 2. The van der Waals surface area contributed by atoms with Crippen LogP contribution in [0.15, 0.2) is 16.8 Å². The summed E-state index contributed by atoms with van der Waals surface area (Å²) in [5.74, 6) is -0.317. The minimum Gasteiger partial charge on any atom is -0.348 e. The first-order valence-electron chi connectivity index (χ1n) is 9.03. The summed E-state index contributed by atoms with van der Waals surface area (Å²) in [4.78, 5) is 28.5. The van der Waals surface area contributed by atoms with Gasteiger partial charge in [-0.15, -0.1) is 0 Å². The first-order chi connectivity index (χ1) is 11.7. The molecule has 1 atom stereocenters. The van der Waals surface area contributed by atoms with E-state index in [1.54, 1.807) is 16.2 Å². The Balaban J connectivity index is 1.39. The largest absolute Gasteiger partial charge is 0.348 e. The van der Waals surface area contributed by atoms with Gasteiger partial charge in [-0.2, -0.15) is 11.3 Å². The lowest BCUT2D eigenvalue weighted by atomic mass is 10.1. The van der Waals surface area contributed by atoms with E-state index in [0.29, 0.717) is 12.5 Å². The van der Waals surface area contributed by atoms with Crippen LogP contribution in [0.25, 0.3) is 0 Å². The molecule has 3 rings (SSSR count). The van der Waals surface area contributed by atoms with E-state index in [1.807, 2.05) is 0 Å². The monoisotopic (exact) mass is 349 g/mol. The number of likely N-dealkylation sites (tertiary alicyclic amines) is 2. The Labute approximate surface area is 148 Å². The van der Waals surface area contributed by atoms with Crippen LogP contribution in [0.4, 0.5) is 0 Å². The molecule has 1 aromatic rings. The molecular formula is C18H27N3O2S. The molecule has 2 aliphatic heterocycles. The van der Waals surface area contributed by atoms with E-state index in [2.05, 4.69) is 27.0 Å².